The Bertz CT molecular complexity index is 765. The number of carbonyl (C=O) groups is 2. The number of methoxy groups -OCH3 is 2. The van der Waals surface area contributed by atoms with Gasteiger partial charge < -0.3 is 19.5 Å². The van der Waals surface area contributed by atoms with E-state index in [1.165, 1.54) is 31.6 Å². The fourth-order valence-electron chi connectivity index (χ4n) is 2.19. The summed E-state index contributed by atoms with van der Waals surface area (Å²) in [5, 5.41) is 4.44. The Morgan fingerprint density at radius 3 is 2.58 bits per heavy atom. The second kappa shape index (κ2) is 9.14. The monoisotopic (exact) mass is 385 g/mol. The second-order valence-electron chi connectivity index (χ2n) is 5.05. The van der Waals surface area contributed by atoms with Crippen LogP contribution in [-0.4, -0.2) is 32.7 Å². The van der Waals surface area contributed by atoms with Crippen molar-refractivity contribution < 1.29 is 32.6 Å². The first-order valence-electron chi connectivity index (χ1n) is 7.52. The lowest BCUT2D eigenvalue weighted by Crippen LogP contribution is -2.16. The lowest BCUT2D eigenvalue weighted by atomic mass is 10.1. The molecule has 0 bridgehead atoms. The number of esters is 1. The van der Waals surface area contributed by atoms with Crippen molar-refractivity contribution >= 4 is 28.9 Å². The molecule has 9 heteroatoms. The number of thiophene rings is 1. The molecule has 0 fully saturated rings. The molecule has 26 heavy (non-hydrogen) atoms. The van der Waals surface area contributed by atoms with Crippen molar-refractivity contribution in [2.24, 2.45) is 0 Å². The van der Waals surface area contributed by atoms with Gasteiger partial charge in [-0.2, -0.15) is 8.78 Å². The number of hydrogen-bond acceptors (Lipinski definition) is 6. The summed E-state index contributed by atoms with van der Waals surface area (Å²) in [4.78, 5) is 25.2. The van der Waals surface area contributed by atoms with Crippen LogP contribution in [-0.2, 0) is 16.0 Å². The fraction of sp³-hybridized carbons (Fsp3) is 0.294. The van der Waals surface area contributed by atoms with Gasteiger partial charge in [0.2, 0.25) is 5.91 Å². The van der Waals surface area contributed by atoms with Crippen LogP contribution >= 0.6 is 11.3 Å². The SMILES string of the molecule is COC(=O)c1cc(OC)c(OC(F)F)cc1NC(=O)CCc1cccs1. The summed E-state index contributed by atoms with van der Waals surface area (Å²) >= 11 is 1.52. The zero-order valence-corrected chi connectivity index (χ0v) is 14.9. The molecule has 1 aromatic heterocycles. The standard InChI is InChI=1S/C17H17F2NO5S/c1-23-13-8-11(16(22)24-2)12(9-14(13)25-17(18)19)20-15(21)6-5-10-4-3-7-26-10/h3-4,7-9,17H,5-6H2,1-2H3,(H,20,21). The molecular formula is C17H17F2NO5S. The molecule has 0 spiro atoms. The van der Waals surface area contributed by atoms with Gasteiger partial charge in [-0.3, -0.25) is 4.79 Å². The van der Waals surface area contributed by atoms with Crippen LogP contribution in [0.15, 0.2) is 29.6 Å². The third-order valence-electron chi connectivity index (χ3n) is 3.38. The molecule has 0 saturated heterocycles. The van der Waals surface area contributed by atoms with Gasteiger partial charge in [0.1, 0.15) is 0 Å². The predicted molar refractivity (Wildman–Crippen MR) is 92.2 cm³/mol. The Balaban J connectivity index is 2.24. The molecule has 2 aromatic rings. The maximum absolute atomic E-state index is 12.6. The average molecular weight is 385 g/mol. The Morgan fingerprint density at radius 2 is 2.00 bits per heavy atom. The first-order chi connectivity index (χ1) is 12.4. The Kier molecular flexibility index (Phi) is 6.90. The number of benzene rings is 1. The molecule has 0 radical (unpaired) electrons. The minimum atomic E-state index is -3.09. The summed E-state index contributed by atoms with van der Waals surface area (Å²) in [6.45, 7) is -3.09. The van der Waals surface area contributed by atoms with Crippen LogP contribution in [0.4, 0.5) is 14.5 Å². The number of nitrogens with one attached hydrogen (secondary N) is 1. The van der Waals surface area contributed by atoms with Gasteiger partial charge in [-0.25, -0.2) is 4.79 Å². The minimum Gasteiger partial charge on any atom is -0.493 e. The molecule has 1 heterocycles. The summed E-state index contributed by atoms with van der Waals surface area (Å²) < 4.78 is 39.2. The number of anilines is 1. The largest absolute Gasteiger partial charge is 0.493 e. The van der Waals surface area contributed by atoms with E-state index < -0.39 is 12.6 Å². The van der Waals surface area contributed by atoms with Crippen LogP contribution in [0.1, 0.15) is 21.7 Å². The molecule has 6 nitrogen and oxygen atoms in total. The number of rotatable bonds is 8. The van der Waals surface area contributed by atoms with Gasteiger partial charge in [-0.15, -0.1) is 11.3 Å². The Labute approximate surface area is 152 Å². The highest BCUT2D eigenvalue weighted by Crippen LogP contribution is 2.35. The number of alkyl halides is 2. The summed E-state index contributed by atoms with van der Waals surface area (Å²) in [6.07, 6.45) is 0.686. The van der Waals surface area contributed by atoms with Crippen LogP contribution in [0.5, 0.6) is 11.5 Å². The van der Waals surface area contributed by atoms with E-state index in [0.29, 0.717) is 6.42 Å². The second-order valence-corrected chi connectivity index (χ2v) is 6.08. The topological polar surface area (TPSA) is 73.9 Å². The first kappa shape index (κ1) is 19.6. The average Bonchev–Trinajstić information content (AvgIpc) is 3.12. The van der Waals surface area contributed by atoms with Crippen LogP contribution in [0.2, 0.25) is 0 Å². The van der Waals surface area contributed by atoms with E-state index in [4.69, 9.17) is 4.74 Å². The molecule has 1 amide bonds. The summed E-state index contributed by atoms with van der Waals surface area (Å²) in [6, 6.07) is 6.07. The van der Waals surface area contributed by atoms with E-state index in [1.54, 1.807) is 0 Å². The molecule has 2 rings (SSSR count). The van der Waals surface area contributed by atoms with E-state index in [2.05, 4.69) is 14.8 Å². The first-order valence-corrected chi connectivity index (χ1v) is 8.40. The smallest absolute Gasteiger partial charge is 0.387 e. The zero-order chi connectivity index (χ0) is 19.1. The molecule has 0 atom stereocenters. The van der Waals surface area contributed by atoms with Gasteiger partial charge in [0.25, 0.3) is 0 Å². The molecule has 0 aliphatic carbocycles. The van der Waals surface area contributed by atoms with Crippen molar-refractivity contribution in [3.63, 3.8) is 0 Å². The summed E-state index contributed by atoms with van der Waals surface area (Å²) in [7, 11) is 2.41. The quantitative estimate of drug-likeness (QED) is 0.701. The highest BCUT2D eigenvalue weighted by molar-refractivity contribution is 7.09. The van der Waals surface area contributed by atoms with Crippen molar-refractivity contribution in [1.29, 1.82) is 0 Å². The Hall–Kier alpha value is -2.68. The van der Waals surface area contributed by atoms with E-state index >= 15 is 0 Å². The van der Waals surface area contributed by atoms with Gasteiger partial charge in [0, 0.05) is 23.4 Å². The zero-order valence-electron chi connectivity index (χ0n) is 14.1. The predicted octanol–water partition coefficient (Wildman–Crippen LogP) is 3.72. The molecule has 1 N–H and O–H groups in total. The summed E-state index contributed by atoms with van der Waals surface area (Å²) in [5.74, 6) is -1.51. The van der Waals surface area contributed by atoms with Gasteiger partial charge in [0.05, 0.1) is 25.5 Å². The fourth-order valence-corrected chi connectivity index (χ4v) is 2.90. The van der Waals surface area contributed by atoms with Crippen molar-refractivity contribution in [3.05, 3.63) is 40.1 Å². The van der Waals surface area contributed by atoms with Crippen LogP contribution in [0, 0.1) is 0 Å². The highest BCUT2D eigenvalue weighted by atomic mass is 32.1. The van der Waals surface area contributed by atoms with Gasteiger partial charge >= 0.3 is 12.6 Å². The van der Waals surface area contributed by atoms with E-state index in [-0.39, 0.29) is 35.1 Å². The number of aryl methyl sites for hydroxylation is 1. The third kappa shape index (κ3) is 5.16. The molecule has 0 aliphatic rings. The number of halogens is 2. The van der Waals surface area contributed by atoms with Crippen molar-refractivity contribution in [2.45, 2.75) is 19.5 Å². The van der Waals surface area contributed by atoms with Crippen molar-refractivity contribution in [1.82, 2.24) is 0 Å². The molecule has 0 saturated carbocycles. The van der Waals surface area contributed by atoms with E-state index in [9.17, 15) is 18.4 Å². The van der Waals surface area contributed by atoms with Gasteiger partial charge in [0.15, 0.2) is 11.5 Å². The molecule has 0 unspecified atom stereocenters. The number of ether oxygens (including phenoxy) is 3. The number of amides is 1. The third-order valence-corrected chi connectivity index (χ3v) is 4.31. The maximum atomic E-state index is 12.6. The molecular weight excluding hydrogens is 368 g/mol. The maximum Gasteiger partial charge on any atom is 0.387 e. The van der Waals surface area contributed by atoms with E-state index in [1.807, 2.05) is 17.5 Å². The highest BCUT2D eigenvalue weighted by Gasteiger charge is 2.21. The molecule has 1 aromatic carbocycles. The number of carbonyl (C=O) groups excluding carboxylic acids is 2. The van der Waals surface area contributed by atoms with Gasteiger partial charge in [-0.1, -0.05) is 6.07 Å². The van der Waals surface area contributed by atoms with E-state index in [0.717, 1.165) is 10.9 Å². The normalized spacial score (nSPS) is 10.5. The lowest BCUT2D eigenvalue weighted by Gasteiger charge is -2.15. The summed E-state index contributed by atoms with van der Waals surface area (Å²) in [5.41, 5.74) is -0.0279. The number of hydrogen-bond donors (Lipinski definition) is 1. The molecule has 140 valence electrons. The van der Waals surface area contributed by atoms with Crippen LogP contribution in [0.3, 0.4) is 0 Å². The Morgan fingerprint density at radius 1 is 1.23 bits per heavy atom. The lowest BCUT2D eigenvalue weighted by molar-refractivity contribution is -0.116. The van der Waals surface area contributed by atoms with Crippen molar-refractivity contribution in [2.75, 3.05) is 19.5 Å². The van der Waals surface area contributed by atoms with Crippen LogP contribution < -0.4 is 14.8 Å². The van der Waals surface area contributed by atoms with Crippen LogP contribution in [0.25, 0.3) is 0 Å². The van der Waals surface area contributed by atoms with Crippen molar-refractivity contribution in [3.8, 4) is 11.5 Å². The minimum absolute atomic E-state index is 0.00415. The van der Waals surface area contributed by atoms with Gasteiger partial charge in [-0.05, 0) is 17.9 Å². The molecule has 0 aliphatic heterocycles.